The lowest BCUT2D eigenvalue weighted by molar-refractivity contribution is -0.108. The van der Waals surface area contributed by atoms with E-state index in [1.54, 1.807) is 0 Å². The molecule has 1 saturated heterocycles. The third-order valence-corrected chi connectivity index (χ3v) is 5.23. The van der Waals surface area contributed by atoms with Crippen molar-refractivity contribution in [2.45, 2.75) is 44.8 Å². The second kappa shape index (κ2) is 4.19. The van der Waals surface area contributed by atoms with Crippen LogP contribution in [-0.2, 0) is 17.8 Å². The number of aryl methyl sites for hydroxylation is 1. The van der Waals surface area contributed by atoms with Crippen molar-refractivity contribution in [3.63, 3.8) is 0 Å². The van der Waals surface area contributed by atoms with Crippen molar-refractivity contribution in [2.24, 2.45) is 0 Å². The lowest BCUT2D eigenvalue weighted by atomic mass is 9.97. The quantitative estimate of drug-likeness (QED) is 0.783. The Morgan fingerprint density at radius 1 is 1.35 bits per heavy atom. The first kappa shape index (κ1) is 12.2. The maximum Gasteiger partial charge on any atom is 0.139 e. The molecule has 104 valence electrons. The van der Waals surface area contributed by atoms with Gasteiger partial charge in [-0.1, -0.05) is 11.6 Å². The van der Waals surface area contributed by atoms with Gasteiger partial charge >= 0.3 is 0 Å². The number of hydrogen-bond donors (Lipinski definition) is 0. The zero-order chi connectivity index (χ0) is 13.9. The zero-order valence-corrected chi connectivity index (χ0v) is 12.1. The molecular weight excluding hydrogens is 248 g/mol. The number of carbonyl (C=O) groups excluding carboxylic acids is 1. The highest BCUT2D eigenvalue weighted by atomic mass is 16.1. The molecule has 0 aliphatic carbocycles. The summed E-state index contributed by atoms with van der Waals surface area (Å²) in [5.74, 6) is 0. The molecule has 0 spiro atoms. The van der Waals surface area contributed by atoms with Crippen LogP contribution in [0.5, 0.6) is 0 Å². The first-order valence-corrected chi connectivity index (χ1v) is 7.48. The highest BCUT2D eigenvalue weighted by Crippen LogP contribution is 2.46. The summed E-state index contributed by atoms with van der Waals surface area (Å²) >= 11 is 0. The van der Waals surface area contributed by atoms with Crippen LogP contribution in [0.2, 0.25) is 0 Å². The van der Waals surface area contributed by atoms with Crippen LogP contribution in [-0.4, -0.2) is 28.8 Å². The highest BCUT2D eigenvalue weighted by molar-refractivity contribution is 5.88. The number of carbonyl (C=O) groups is 1. The predicted octanol–water partition coefficient (Wildman–Crippen LogP) is 2.84. The second-order valence-electron chi connectivity index (χ2n) is 6.27. The van der Waals surface area contributed by atoms with Crippen LogP contribution in [0, 0.1) is 6.92 Å². The summed E-state index contributed by atoms with van der Waals surface area (Å²) in [5, 5.41) is 1.36. The van der Waals surface area contributed by atoms with E-state index >= 15 is 0 Å². The largest absolute Gasteiger partial charge is 0.337 e. The Morgan fingerprint density at radius 2 is 2.20 bits per heavy atom. The third-order valence-electron chi connectivity index (χ3n) is 5.23. The molecule has 0 N–H and O–H groups in total. The van der Waals surface area contributed by atoms with E-state index in [2.05, 4.69) is 41.6 Å². The number of benzene rings is 1. The van der Waals surface area contributed by atoms with Crippen LogP contribution in [0.15, 0.2) is 18.2 Å². The number of aldehydes is 1. The van der Waals surface area contributed by atoms with Gasteiger partial charge < -0.3 is 9.36 Å². The summed E-state index contributed by atoms with van der Waals surface area (Å²) in [6.07, 6.45) is 4.65. The molecule has 0 saturated carbocycles. The van der Waals surface area contributed by atoms with Crippen molar-refractivity contribution >= 4 is 17.2 Å². The average Bonchev–Trinajstić information content (AvgIpc) is 2.83. The van der Waals surface area contributed by atoms with E-state index in [0.717, 1.165) is 12.7 Å². The number of likely N-dealkylation sites (N-methyl/N-ethyl adjacent to an activating group) is 1. The van der Waals surface area contributed by atoms with Gasteiger partial charge in [-0.05, 0) is 44.5 Å². The molecule has 2 atom stereocenters. The molecule has 2 aromatic rings. The Hall–Kier alpha value is -1.61. The maximum absolute atomic E-state index is 11.1. The van der Waals surface area contributed by atoms with Crippen LogP contribution in [0.4, 0.5) is 0 Å². The van der Waals surface area contributed by atoms with Gasteiger partial charge in [0.05, 0.1) is 6.54 Å². The molecule has 3 heteroatoms. The minimum Gasteiger partial charge on any atom is -0.337 e. The fraction of sp³-hybridized carbons (Fsp3) is 0.471. The van der Waals surface area contributed by atoms with E-state index < -0.39 is 0 Å². The number of nitrogens with zero attached hydrogens (tertiary/aromatic N) is 2. The van der Waals surface area contributed by atoms with Gasteiger partial charge in [0.2, 0.25) is 0 Å². The molecule has 1 aromatic heterocycles. The van der Waals surface area contributed by atoms with Crippen LogP contribution >= 0.6 is 0 Å². The van der Waals surface area contributed by atoms with Gasteiger partial charge in [-0.2, -0.15) is 0 Å². The Kier molecular flexibility index (Phi) is 2.55. The molecule has 2 bridgehead atoms. The molecule has 3 heterocycles. The van der Waals surface area contributed by atoms with E-state index in [1.807, 2.05) is 0 Å². The van der Waals surface area contributed by atoms with Gasteiger partial charge in [0.25, 0.3) is 0 Å². The normalized spacial score (nSPS) is 25.1. The summed E-state index contributed by atoms with van der Waals surface area (Å²) in [6, 6.07) is 7.82. The number of hydrogen-bond acceptors (Lipinski definition) is 2. The molecule has 20 heavy (non-hydrogen) atoms. The molecule has 1 aromatic carbocycles. The highest BCUT2D eigenvalue weighted by Gasteiger charge is 2.40. The fourth-order valence-electron chi connectivity index (χ4n) is 4.25. The number of rotatable bonds is 2. The molecule has 3 nitrogen and oxygen atoms in total. The topological polar surface area (TPSA) is 25.2 Å². The van der Waals surface area contributed by atoms with Crippen molar-refractivity contribution in [1.29, 1.82) is 0 Å². The SMILES string of the molecule is Cc1ccc2c(c1)c1c(n2CC=O)CC2CCC1N2C. The van der Waals surface area contributed by atoms with Gasteiger partial charge in [0, 0.05) is 35.1 Å². The molecular formula is C17H20N2O. The van der Waals surface area contributed by atoms with Crippen molar-refractivity contribution in [3.05, 3.63) is 35.0 Å². The van der Waals surface area contributed by atoms with E-state index in [4.69, 9.17) is 0 Å². The van der Waals surface area contributed by atoms with Gasteiger partial charge in [-0.15, -0.1) is 0 Å². The Labute approximate surface area is 119 Å². The van der Waals surface area contributed by atoms with E-state index in [0.29, 0.717) is 18.6 Å². The van der Waals surface area contributed by atoms with Gasteiger partial charge in [-0.3, -0.25) is 4.90 Å². The van der Waals surface area contributed by atoms with Crippen molar-refractivity contribution in [1.82, 2.24) is 9.47 Å². The Balaban J connectivity index is 2.04. The first-order valence-electron chi connectivity index (χ1n) is 7.48. The first-order chi connectivity index (χ1) is 9.70. The third kappa shape index (κ3) is 1.47. The smallest absolute Gasteiger partial charge is 0.139 e. The molecule has 2 aliphatic heterocycles. The summed E-state index contributed by atoms with van der Waals surface area (Å²) < 4.78 is 2.25. The Bertz CT molecular complexity index is 701. The summed E-state index contributed by atoms with van der Waals surface area (Å²) in [7, 11) is 2.25. The minimum absolute atomic E-state index is 0.484. The number of aromatic nitrogens is 1. The standard InChI is InChI=1S/C17H20N2O/c1-11-3-5-14-13(9-11)17-15-6-4-12(18(15)2)10-16(17)19(14)7-8-20/h3,5,8-9,12,15H,4,6-7,10H2,1-2H3. The van der Waals surface area contributed by atoms with E-state index in [-0.39, 0.29) is 0 Å². The summed E-state index contributed by atoms with van der Waals surface area (Å²) in [6.45, 7) is 2.63. The molecule has 0 amide bonds. The lowest BCUT2D eigenvalue weighted by Gasteiger charge is -2.32. The monoisotopic (exact) mass is 268 g/mol. The lowest BCUT2D eigenvalue weighted by Crippen LogP contribution is -2.34. The molecule has 1 fully saturated rings. The summed E-state index contributed by atoms with van der Waals surface area (Å²) in [4.78, 5) is 13.6. The molecule has 2 aliphatic rings. The van der Waals surface area contributed by atoms with Crippen LogP contribution in [0.25, 0.3) is 10.9 Å². The number of fused-ring (bicyclic) bond motifs is 6. The van der Waals surface area contributed by atoms with Gasteiger partial charge in [0.1, 0.15) is 6.29 Å². The fourth-order valence-corrected chi connectivity index (χ4v) is 4.25. The van der Waals surface area contributed by atoms with E-state index in [9.17, 15) is 4.79 Å². The van der Waals surface area contributed by atoms with Crippen molar-refractivity contribution in [3.8, 4) is 0 Å². The zero-order valence-electron chi connectivity index (χ0n) is 12.1. The van der Waals surface area contributed by atoms with Gasteiger partial charge in [-0.25, -0.2) is 0 Å². The van der Waals surface area contributed by atoms with E-state index in [1.165, 1.54) is 40.6 Å². The molecule has 0 radical (unpaired) electrons. The average molecular weight is 268 g/mol. The predicted molar refractivity (Wildman–Crippen MR) is 80.0 cm³/mol. The summed E-state index contributed by atoms with van der Waals surface area (Å²) in [5.41, 5.74) is 5.42. The maximum atomic E-state index is 11.1. The van der Waals surface area contributed by atoms with Crippen LogP contribution in [0.3, 0.4) is 0 Å². The molecule has 4 rings (SSSR count). The van der Waals surface area contributed by atoms with Crippen molar-refractivity contribution < 1.29 is 4.79 Å². The van der Waals surface area contributed by atoms with Crippen LogP contribution < -0.4 is 0 Å². The second-order valence-corrected chi connectivity index (χ2v) is 6.27. The van der Waals surface area contributed by atoms with Crippen LogP contribution in [0.1, 0.15) is 35.7 Å². The minimum atomic E-state index is 0.484. The molecule has 2 unspecified atom stereocenters. The van der Waals surface area contributed by atoms with Gasteiger partial charge in [0.15, 0.2) is 0 Å². The van der Waals surface area contributed by atoms with Crippen molar-refractivity contribution in [2.75, 3.05) is 7.05 Å². The Morgan fingerprint density at radius 3 is 3.00 bits per heavy atom.